The van der Waals surface area contributed by atoms with Crippen LogP contribution in [0.1, 0.15) is 19.4 Å². The summed E-state index contributed by atoms with van der Waals surface area (Å²) in [5, 5.41) is 26.3. The largest absolute Gasteiger partial charge is 0.382 e. The lowest BCUT2D eigenvalue weighted by Gasteiger charge is -2.31. The lowest BCUT2D eigenvalue weighted by molar-refractivity contribution is -0.240. The zero-order valence-corrected chi connectivity index (χ0v) is 19.2. The summed E-state index contributed by atoms with van der Waals surface area (Å²) in [5.74, 6) is 0. The predicted octanol–water partition coefficient (Wildman–Crippen LogP) is 4.04. The average molecular weight is 483 g/mol. The number of nitriles is 1. The molecular formula is C22H20F2N8OS. The summed E-state index contributed by atoms with van der Waals surface area (Å²) in [5.41, 5.74) is 4.23. The molecule has 1 N–H and O–H groups in total. The number of aromatic nitrogens is 5. The number of pyridine rings is 1. The summed E-state index contributed by atoms with van der Waals surface area (Å²) in [6.07, 6.45) is -0.00293. The topological polar surface area (TPSA) is 104 Å². The molecule has 0 saturated carbocycles. The molecule has 0 radical (unpaired) electrons. The van der Waals surface area contributed by atoms with Crippen molar-refractivity contribution in [3.05, 3.63) is 42.2 Å². The molecule has 0 bridgehead atoms. The Labute approximate surface area is 197 Å². The first-order valence-corrected chi connectivity index (χ1v) is 11.4. The zero-order chi connectivity index (χ0) is 23.9. The maximum Gasteiger partial charge on any atom is 0.373 e. The Kier molecular flexibility index (Phi) is 5.59. The number of fused-ring (bicyclic) bond motifs is 1. The number of nitrogens with one attached hydrogen (secondary N) is 1. The van der Waals surface area contributed by atoms with Gasteiger partial charge in [-0.25, -0.2) is 4.52 Å². The van der Waals surface area contributed by atoms with E-state index in [1.54, 1.807) is 16.8 Å². The molecule has 1 aliphatic rings. The van der Waals surface area contributed by atoms with Gasteiger partial charge in [0.2, 0.25) is 5.13 Å². The molecule has 174 valence electrons. The van der Waals surface area contributed by atoms with Gasteiger partial charge in [-0.05, 0) is 38.1 Å². The fourth-order valence-corrected chi connectivity index (χ4v) is 4.61. The van der Waals surface area contributed by atoms with E-state index in [9.17, 15) is 8.78 Å². The molecule has 0 spiro atoms. The standard InChI is InChI=1S/C22H20F2N8OS/c1-13(2)28-17-8-18(19-4-3-15-7-14(9-25)10-27-32(15)19)26-11-16(17)20-29-30-21(34-20)31-5-6-33-22(23,24)12-31/h3-4,7-8,10-11,13H,5-6,12H2,1-2H3,(H,26,28). The van der Waals surface area contributed by atoms with Crippen LogP contribution in [0.2, 0.25) is 0 Å². The highest BCUT2D eigenvalue weighted by Crippen LogP contribution is 2.37. The van der Waals surface area contributed by atoms with Crippen molar-refractivity contribution in [1.29, 1.82) is 5.26 Å². The molecule has 5 heterocycles. The second-order valence-corrected chi connectivity index (χ2v) is 9.08. The number of rotatable bonds is 5. The highest BCUT2D eigenvalue weighted by atomic mass is 32.1. The molecule has 0 unspecified atom stereocenters. The first kappa shape index (κ1) is 22.1. The summed E-state index contributed by atoms with van der Waals surface area (Å²) in [6, 6.07) is 9.65. The SMILES string of the molecule is CC(C)Nc1cc(-c2ccc3cc(C#N)cnn23)ncc1-c1nnc(N2CCOC(F)(F)C2)s1. The van der Waals surface area contributed by atoms with Gasteiger partial charge in [-0.15, -0.1) is 10.2 Å². The summed E-state index contributed by atoms with van der Waals surface area (Å²) < 4.78 is 33.5. The molecule has 4 aromatic heterocycles. The van der Waals surface area contributed by atoms with Gasteiger partial charge < -0.3 is 15.0 Å². The lowest BCUT2D eigenvalue weighted by atomic mass is 10.1. The van der Waals surface area contributed by atoms with Crippen molar-refractivity contribution in [3.63, 3.8) is 0 Å². The molecule has 34 heavy (non-hydrogen) atoms. The van der Waals surface area contributed by atoms with Gasteiger partial charge in [-0.3, -0.25) is 4.98 Å². The maximum absolute atomic E-state index is 13.7. The fourth-order valence-electron chi connectivity index (χ4n) is 3.72. The molecule has 12 heteroatoms. The van der Waals surface area contributed by atoms with Gasteiger partial charge in [-0.2, -0.15) is 19.1 Å². The van der Waals surface area contributed by atoms with Crippen molar-refractivity contribution in [2.75, 3.05) is 29.9 Å². The number of nitrogens with zero attached hydrogens (tertiary/aromatic N) is 7. The van der Waals surface area contributed by atoms with E-state index in [-0.39, 0.29) is 12.6 Å². The van der Waals surface area contributed by atoms with Gasteiger partial charge >= 0.3 is 6.11 Å². The second-order valence-electron chi connectivity index (χ2n) is 8.12. The summed E-state index contributed by atoms with van der Waals surface area (Å²) in [4.78, 5) is 6.10. The third kappa shape index (κ3) is 4.27. The van der Waals surface area contributed by atoms with E-state index < -0.39 is 12.7 Å². The van der Waals surface area contributed by atoms with E-state index in [0.717, 1.165) is 22.5 Å². The molecule has 1 fully saturated rings. The van der Waals surface area contributed by atoms with Crippen molar-refractivity contribution in [3.8, 4) is 28.0 Å². The van der Waals surface area contributed by atoms with E-state index in [2.05, 4.69) is 36.4 Å². The van der Waals surface area contributed by atoms with Gasteiger partial charge in [0.1, 0.15) is 12.6 Å². The predicted molar refractivity (Wildman–Crippen MR) is 124 cm³/mol. The lowest BCUT2D eigenvalue weighted by Crippen LogP contribution is -2.46. The van der Waals surface area contributed by atoms with Gasteiger partial charge in [0.15, 0.2) is 5.01 Å². The van der Waals surface area contributed by atoms with Crippen LogP contribution in [0.15, 0.2) is 36.7 Å². The van der Waals surface area contributed by atoms with Gasteiger partial charge in [-0.1, -0.05) is 11.3 Å². The number of hydrogen-bond donors (Lipinski definition) is 1. The molecule has 9 nitrogen and oxygen atoms in total. The quantitative estimate of drug-likeness (QED) is 0.455. The van der Waals surface area contributed by atoms with Gasteiger partial charge in [0.25, 0.3) is 0 Å². The van der Waals surface area contributed by atoms with E-state index in [1.165, 1.54) is 22.4 Å². The van der Waals surface area contributed by atoms with Crippen LogP contribution in [0.25, 0.3) is 27.5 Å². The second kappa shape index (κ2) is 8.58. The summed E-state index contributed by atoms with van der Waals surface area (Å²) in [7, 11) is 0. The Hall–Kier alpha value is -3.69. The Bertz CT molecular complexity index is 1390. The zero-order valence-electron chi connectivity index (χ0n) is 18.4. The molecule has 0 aromatic carbocycles. The van der Waals surface area contributed by atoms with Crippen LogP contribution in [-0.4, -0.2) is 56.6 Å². The van der Waals surface area contributed by atoms with Crippen LogP contribution < -0.4 is 10.2 Å². The molecule has 1 saturated heterocycles. The van der Waals surface area contributed by atoms with E-state index >= 15 is 0 Å². The summed E-state index contributed by atoms with van der Waals surface area (Å²) in [6.45, 7) is 3.72. The number of morpholine rings is 1. The third-order valence-corrected chi connectivity index (χ3v) is 6.22. The normalized spacial score (nSPS) is 15.6. The minimum absolute atomic E-state index is 0.0759. The Balaban J connectivity index is 1.51. The van der Waals surface area contributed by atoms with Crippen LogP contribution in [0.5, 0.6) is 0 Å². The van der Waals surface area contributed by atoms with Gasteiger partial charge in [0, 0.05) is 24.5 Å². The molecule has 0 amide bonds. The van der Waals surface area contributed by atoms with Crippen LogP contribution in [0.3, 0.4) is 0 Å². The first-order chi connectivity index (χ1) is 16.3. The first-order valence-electron chi connectivity index (χ1n) is 10.6. The van der Waals surface area contributed by atoms with Crippen molar-refractivity contribution < 1.29 is 13.5 Å². The van der Waals surface area contributed by atoms with Crippen LogP contribution >= 0.6 is 11.3 Å². The molecule has 0 atom stereocenters. The Morgan fingerprint density at radius 2 is 2.09 bits per heavy atom. The Morgan fingerprint density at radius 3 is 2.85 bits per heavy atom. The minimum atomic E-state index is -3.21. The van der Waals surface area contributed by atoms with E-state index in [0.29, 0.717) is 27.9 Å². The summed E-state index contributed by atoms with van der Waals surface area (Å²) >= 11 is 1.23. The maximum atomic E-state index is 13.7. The highest BCUT2D eigenvalue weighted by molar-refractivity contribution is 7.18. The number of hydrogen-bond acceptors (Lipinski definition) is 9. The molecular weight excluding hydrogens is 462 g/mol. The van der Waals surface area contributed by atoms with E-state index in [4.69, 9.17) is 5.26 Å². The van der Waals surface area contributed by atoms with Crippen molar-refractivity contribution >= 4 is 27.7 Å². The molecule has 5 rings (SSSR count). The fraction of sp³-hybridized carbons (Fsp3) is 0.318. The van der Waals surface area contributed by atoms with Crippen molar-refractivity contribution in [2.24, 2.45) is 0 Å². The molecule has 1 aliphatic heterocycles. The van der Waals surface area contributed by atoms with Crippen LogP contribution in [0.4, 0.5) is 19.6 Å². The van der Waals surface area contributed by atoms with Crippen LogP contribution in [0, 0.1) is 11.3 Å². The third-order valence-electron chi connectivity index (χ3n) is 5.20. The average Bonchev–Trinajstić information content (AvgIpc) is 3.45. The highest BCUT2D eigenvalue weighted by Gasteiger charge is 2.38. The van der Waals surface area contributed by atoms with Crippen LogP contribution in [-0.2, 0) is 4.74 Å². The monoisotopic (exact) mass is 482 g/mol. The number of halogens is 2. The number of ether oxygens (including phenoxy) is 1. The van der Waals surface area contributed by atoms with Crippen molar-refractivity contribution in [2.45, 2.75) is 26.0 Å². The smallest absolute Gasteiger partial charge is 0.373 e. The minimum Gasteiger partial charge on any atom is -0.382 e. The van der Waals surface area contributed by atoms with Gasteiger partial charge in [0.05, 0.1) is 40.8 Å². The Morgan fingerprint density at radius 1 is 1.24 bits per heavy atom. The molecule has 4 aromatic rings. The number of anilines is 2. The van der Waals surface area contributed by atoms with E-state index in [1.807, 2.05) is 32.0 Å². The molecule has 0 aliphatic carbocycles. The number of alkyl halides is 2. The van der Waals surface area contributed by atoms with Crippen molar-refractivity contribution in [1.82, 2.24) is 24.8 Å².